The Balaban J connectivity index is 1.64. The predicted octanol–water partition coefficient (Wildman–Crippen LogP) is 1.92. The molecule has 4 heterocycles. The SMILES string of the molecule is CC#CCOc1cnc2c(Nc3cc([C@@H]4CS(=O)(=O)C(C)C(N)=N4)c(F)cn3)nccc2n1. The number of nitrogens with one attached hydrogen (secondary N) is 1. The first-order chi connectivity index (χ1) is 15.8. The van der Waals surface area contributed by atoms with Gasteiger partial charge in [-0.1, -0.05) is 5.92 Å². The van der Waals surface area contributed by atoms with E-state index in [1.807, 2.05) is 0 Å². The van der Waals surface area contributed by atoms with Crippen LogP contribution in [0, 0.1) is 17.7 Å². The van der Waals surface area contributed by atoms with Crippen LogP contribution in [0.5, 0.6) is 5.88 Å². The van der Waals surface area contributed by atoms with Crippen LogP contribution in [0.3, 0.4) is 0 Å². The Kier molecular flexibility index (Phi) is 6.06. The minimum Gasteiger partial charge on any atom is -0.463 e. The highest BCUT2D eigenvalue weighted by atomic mass is 32.2. The Hall–Kier alpha value is -3.85. The zero-order valence-electron chi connectivity index (χ0n) is 17.8. The number of nitrogens with zero attached hydrogens (tertiary/aromatic N) is 5. The van der Waals surface area contributed by atoms with Crippen molar-refractivity contribution >= 4 is 38.3 Å². The molecule has 2 atom stereocenters. The smallest absolute Gasteiger partial charge is 0.233 e. The van der Waals surface area contributed by atoms with Crippen LogP contribution in [0.25, 0.3) is 11.0 Å². The number of nitrogens with two attached hydrogens (primary N) is 1. The minimum atomic E-state index is -3.55. The summed E-state index contributed by atoms with van der Waals surface area (Å²) < 4.78 is 44.7. The molecule has 0 aromatic carbocycles. The topological polar surface area (TPSA) is 145 Å². The van der Waals surface area contributed by atoms with Gasteiger partial charge in [-0.15, -0.1) is 5.92 Å². The summed E-state index contributed by atoms with van der Waals surface area (Å²) in [4.78, 5) is 21.2. The number of aliphatic imine (C=N–C) groups is 1. The molecule has 10 nitrogen and oxygen atoms in total. The lowest BCUT2D eigenvalue weighted by molar-refractivity contribution is 0.355. The van der Waals surface area contributed by atoms with Crippen molar-refractivity contribution in [3.05, 3.63) is 42.1 Å². The van der Waals surface area contributed by atoms with Crippen LogP contribution in [0.15, 0.2) is 35.7 Å². The van der Waals surface area contributed by atoms with Crippen molar-refractivity contribution in [1.82, 2.24) is 19.9 Å². The number of hydrogen-bond donors (Lipinski definition) is 2. The largest absolute Gasteiger partial charge is 0.463 e. The van der Waals surface area contributed by atoms with Gasteiger partial charge in [0.2, 0.25) is 5.88 Å². The van der Waals surface area contributed by atoms with Crippen LogP contribution in [0.1, 0.15) is 25.5 Å². The number of anilines is 2. The van der Waals surface area contributed by atoms with Gasteiger partial charge in [0, 0.05) is 11.8 Å². The first-order valence-electron chi connectivity index (χ1n) is 9.90. The Bertz CT molecular complexity index is 1420. The maximum Gasteiger partial charge on any atom is 0.233 e. The van der Waals surface area contributed by atoms with E-state index in [1.165, 1.54) is 25.4 Å². The Morgan fingerprint density at radius 1 is 1.30 bits per heavy atom. The van der Waals surface area contributed by atoms with Gasteiger partial charge in [-0.2, -0.15) is 0 Å². The monoisotopic (exact) mass is 469 g/mol. The Morgan fingerprint density at radius 3 is 2.88 bits per heavy atom. The van der Waals surface area contributed by atoms with Crippen LogP contribution in [0.4, 0.5) is 16.0 Å². The van der Waals surface area contributed by atoms with E-state index in [0.717, 1.165) is 6.20 Å². The third-order valence-corrected chi connectivity index (χ3v) is 7.15. The number of ether oxygens (including phenoxy) is 1. The van der Waals surface area contributed by atoms with Crippen molar-refractivity contribution in [2.45, 2.75) is 25.1 Å². The van der Waals surface area contributed by atoms with E-state index < -0.39 is 26.9 Å². The molecule has 0 saturated heterocycles. The van der Waals surface area contributed by atoms with E-state index in [2.05, 4.69) is 42.1 Å². The second-order valence-corrected chi connectivity index (χ2v) is 9.57. The lowest BCUT2D eigenvalue weighted by Gasteiger charge is -2.24. The second-order valence-electron chi connectivity index (χ2n) is 7.21. The number of aromatic nitrogens is 4. The van der Waals surface area contributed by atoms with Gasteiger partial charge in [-0.25, -0.2) is 32.7 Å². The number of amidine groups is 1. The van der Waals surface area contributed by atoms with Gasteiger partial charge >= 0.3 is 0 Å². The molecule has 0 aliphatic carbocycles. The standard InChI is InChI=1S/C21H20FN7O3S/c1-3-4-7-32-18-10-26-19-15(27-18)5-6-24-21(19)29-17-8-13(14(22)9-25-17)16-11-33(30,31)12(2)20(23)28-16/h5-6,8-10,12,16H,7,11H2,1-2H3,(H2,23,28)(H,24,25,29)/t12?,16-/m0/s1. The molecule has 0 spiro atoms. The number of rotatable bonds is 5. The lowest BCUT2D eigenvalue weighted by atomic mass is 10.1. The van der Waals surface area contributed by atoms with Crippen LogP contribution in [0.2, 0.25) is 0 Å². The molecule has 0 saturated carbocycles. The van der Waals surface area contributed by atoms with Crippen LogP contribution in [-0.4, -0.2) is 51.8 Å². The summed E-state index contributed by atoms with van der Waals surface area (Å²) in [7, 11) is -3.55. The molecule has 3 aromatic rings. The third-order valence-electron chi connectivity index (χ3n) is 5.05. The first kappa shape index (κ1) is 22.3. The molecule has 3 N–H and O–H groups in total. The van der Waals surface area contributed by atoms with Crippen LogP contribution in [-0.2, 0) is 9.84 Å². The van der Waals surface area contributed by atoms with Gasteiger partial charge in [-0.3, -0.25) is 4.99 Å². The van der Waals surface area contributed by atoms with E-state index in [0.29, 0.717) is 22.7 Å². The zero-order valence-corrected chi connectivity index (χ0v) is 18.6. The first-order valence-corrected chi connectivity index (χ1v) is 11.6. The highest BCUT2D eigenvalue weighted by Crippen LogP contribution is 2.30. The molecule has 4 rings (SSSR count). The van der Waals surface area contributed by atoms with Crippen molar-refractivity contribution in [1.29, 1.82) is 0 Å². The fourth-order valence-corrected chi connectivity index (χ4v) is 4.61. The average Bonchev–Trinajstić information content (AvgIpc) is 2.78. The fraction of sp³-hybridized carbons (Fsp3) is 0.286. The van der Waals surface area contributed by atoms with Crippen molar-refractivity contribution < 1.29 is 17.5 Å². The van der Waals surface area contributed by atoms with Gasteiger partial charge in [0.05, 0.1) is 29.7 Å². The lowest BCUT2D eigenvalue weighted by Crippen LogP contribution is -2.40. The van der Waals surface area contributed by atoms with E-state index >= 15 is 0 Å². The highest BCUT2D eigenvalue weighted by Gasteiger charge is 2.35. The molecule has 12 heteroatoms. The maximum atomic E-state index is 14.5. The van der Waals surface area contributed by atoms with Crippen molar-refractivity contribution in [2.75, 3.05) is 17.7 Å². The van der Waals surface area contributed by atoms with Crippen molar-refractivity contribution in [2.24, 2.45) is 10.7 Å². The summed E-state index contributed by atoms with van der Waals surface area (Å²) in [6.45, 7) is 3.36. The van der Waals surface area contributed by atoms with Crippen molar-refractivity contribution in [3.8, 4) is 17.7 Å². The fourth-order valence-electron chi connectivity index (χ4n) is 3.20. The summed E-state index contributed by atoms with van der Waals surface area (Å²) in [6, 6.07) is 2.08. The molecule has 1 unspecified atom stereocenters. The molecule has 3 aromatic heterocycles. The average molecular weight is 470 g/mol. The molecule has 0 radical (unpaired) electrons. The third kappa shape index (κ3) is 4.68. The number of hydrogen-bond acceptors (Lipinski definition) is 10. The van der Waals surface area contributed by atoms with Crippen molar-refractivity contribution in [3.63, 3.8) is 0 Å². The molecular weight excluding hydrogens is 449 g/mol. The molecule has 1 aliphatic rings. The quantitative estimate of drug-likeness (QED) is 0.535. The molecule has 1 aliphatic heterocycles. The van der Waals surface area contributed by atoms with Crippen LogP contribution < -0.4 is 15.8 Å². The summed E-state index contributed by atoms with van der Waals surface area (Å²) in [5, 5.41) is 2.08. The van der Waals surface area contributed by atoms with Gasteiger partial charge in [0.15, 0.2) is 22.3 Å². The summed E-state index contributed by atoms with van der Waals surface area (Å²) in [5.41, 5.74) is 6.80. The maximum absolute atomic E-state index is 14.5. The van der Waals surface area contributed by atoms with E-state index in [9.17, 15) is 12.8 Å². The molecule has 0 fully saturated rings. The molecular formula is C21H20FN7O3S. The van der Waals surface area contributed by atoms with E-state index in [-0.39, 0.29) is 29.6 Å². The summed E-state index contributed by atoms with van der Waals surface area (Å²) in [5.74, 6) is 5.30. The number of sulfone groups is 1. The van der Waals surface area contributed by atoms with Crippen LogP contribution >= 0.6 is 0 Å². The van der Waals surface area contributed by atoms with Gasteiger partial charge in [-0.05, 0) is 26.0 Å². The molecule has 0 amide bonds. The minimum absolute atomic E-state index is 0.0501. The number of pyridine rings is 2. The Morgan fingerprint density at radius 2 is 2.12 bits per heavy atom. The summed E-state index contributed by atoms with van der Waals surface area (Å²) in [6.07, 6.45) is 3.96. The van der Waals surface area contributed by atoms with Gasteiger partial charge < -0.3 is 15.8 Å². The van der Waals surface area contributed by atoms with Gasteiger partial charge in [0.1, 0.15) is 28.2 Å². The molecule has 33 heavy (non-hydrogen) atoms. The second kappa shape index (κ2) is 8.95. The number of halogens is 1. The van der Waals surface area contributed by atoms with E-state index in [1.54, 1.807) is 13.0 Å². The predicted molar refractivity (Wildman–Crippen MR) is 121 cm³/mol. The summed E-state index contributed by atoms with van der Waals surface area (Å²) >= 11 is 0. The normalized spacial score (nSPS) is 19.3. The number of fused-ring (bicyclic) bond motifs is 1. The Labute approximate surface area is 189 Å². The highest BCUT2D eigenvalue weighted by molar-refractivity contribution is 7.92. The van der Waals surface area contributed by atoms with Gasteiger partial charge in [0.25, 0.3) is 0 Å². The molecule has 0 bridgehead atoms. The zero-order chi connectivity index (χ0) is 23.6. The van der Waals surface area contributed by atoms with E-state index in [4.69, 9.17) is 10.5 Å². The molecule has 170 valence electrons.